The van der Waals surface area contributed by atoms with Crippen LogP contribution in [0.4, 0.5) is 0 Å². The fourth-order valence-electron chi connectivity index (χ4n) is 3.10. The maximum absolute atomic E-state index is 10.5. The van der Waals surface area contributed by atoms with Crippen molar-refractivity contribution in [2.75, 3.05) is 6.61 Å². The Morgan fingerprint density at radius 2 is 2.00 bits per heavy atom. The van der Waals surface area contributed by atoms with Crippen molar-refractivity contribution in [3.05, 3.63) is 29.8 Å². The minimum atomic E-state index is -0.349. The van der Waals surface area contributed by atoms with Crippen LogP contribution in [0, 0.1) is 11.3 Å². The molecule has 1 saturated carbocycles. The second kappa shape index (κ2) is 5.31. The first-order chi connectivity index (χ1) is 8.54. The summed E-state index contributed by atoms with van der Waals surface area (Å²) in [7, 11) is 0. The summed E-state index contributed by atoms with van der Waals surface area (Å²) in [6, 6.07) is 7.88. The van der Waals surface area contributed by atoms with Crippen LogP contribution < -0.4 is 4.74 Å². The van der Waals surface area contributed by atoms with E-state index in [2.05, 4.69) is 13.8 Å². The van der Waals surface area contributed by atoms with E-state index in [0.717, 1.165) is 17.7 Å². The molecule has 0 aliphatic heterocycles. The summed E-state index contributed by atoms with van der Waals surface area (Å²) in [6.45, 7) is 7.19. The van der Waals surface area contributed by atoms with Crippen LogP contribution in [0.3, 0.4) is 0 Å². The van der Waals surface area contributed by atoms with Gasteiger partial charge in [0.05, 0.1) is 12.7 Å². The first-order valence-corrected chi connectivity index (χ1v) is 6.95. The molecule has 1 aliphatic rings. The Labute approximate surface area is 110 Å². The number of ether oxygens (including phenoxy) is 1. The van der Waals surface area contributed by atoms with Gasteiger partial charge in [-0.2, -0.15) is 0 Å². The minimum Gasteiger partial charge on any atom is -0.494 e. The van der Waals surface area contributed by atoms with Crippen molar-refractivity contribution in [2.24, 2.45) is 11.3 Å². The quantitative estimate of drug-likeness (QED) is 0.874. The third-order valence-corrected chi connectivity index (χ3v) is 4.25. The van der Waals surface area contributed by atoms with E-state index in [-0.39, 0.29) is 11.5 Å². The third kappa shape index (κ3) is 2.69. The second-order valence-electron chi connectivity index (χ2n) is 5.93. The van der Waals surface area contributed by atoms with E-state index >= 15 is 0 Å². The number of hydrogen-bond donors (Lipinski definition) is 1. The Morgan fingerprint density at radius 3 is 2.50 bits per heavy atom. The van der Waals surface area contributed by atoms with Crippen LogP contribution >= 0.6 is 0 Å². The van der Waals surface area contributed by atoms with Crippen molar-refractivity contribution >= 4 is 0 Å². The number of hydrogen-bond acceptors (Lipinski definition) is 2. The molecule has 0 spiro atoms. The topological polar surface area (TPSA) is 29.5 Å². The lowest BCUT2D eigenvalue weighted by Gasteiger charge is -2.31. The Bertz CT molecular complexity index is 381. The fourth-order valence-corrected chi connectivity index (χ4v) is 3.10. The highest BCUT2D eigenvalue weighted by Crippen LogP contribution is 2.48. The molecule has 0 radical (unpaired) electrons. The van der Waals surface area contributed by atoms with E-state index in [9.17, 15) is 5.11 Å². The molecule has 1 aromatic rings. The monoisotopic (exact) mass is 248 g/mol. The molecule has 1 aliphatic carbocycles. The van der Waals surface area contributed by atoms with Crippen molar-refractivity contribution in [2.45, 2.75) is 46.1 Å². The highest BCUT2D eigenvalue weighted by Gasteiger charge is 2.39. The maximum Gasteiger partial charge on any atom is 0.119 e. The van der Waals surface area contributed by atoms with Crippen LogP contribution in [0.5, 0.6) is 5.75 Å². The Hall–Kier alpha value is -1.02. The highest BCUT2D eigenvalue weighted by molar-refractivity contribution is 5.29. The first kappa shape index (κ1) is 13.4. The second-order valence-corrected chi connectivity index (χ2v) is 5.93. The fraction of sp³-hybridized carbons (Fsp3) is 0.625. The van der Waals surface area contributed by atoms with Crippen LogP contribution in [0.25, 0.3) is 0 Å². The molecule has 2 nitrogen and oxygen atoms in total. The summed E-state index contributed by atoms with van der Waals surface area (Å²) in [5.74, 6) is 1.24. The zero-order valence-corrected chi connectivity index (χ0v) is 11.6. The van der Waals surface area contributed by atoms with Crippen LogP contribution in [-0.2, 0) is 0 Å². The summed E-state index contributed by atoms with van der Waals surface area (Å²) in [5, 5.41) is 10.5. The van der Waals surface area contributed by atoms with Gasteiger partial charge in [-0.1, -0.05) is 32.4 Å². The molecule has 2 atom stereocenters. The minimum absolute atomic E-state index is 0.248. The molecule has 1 fully saturated rings. The van der Waals surface area contributed by atoms with E-state index in [1.165, 1.54) is 12.8 Å². The molecule has 0 heterocycles. The van der Waals surface area contributed by atoms with Gasteiger partial charge >= 0.3 is 0 Å². The summed E-state index contributed by atoms with van der Waals surface area (Å²) >= 11 is 0. The maximum atomic E-state index is 10.5. The molecule has 0 aromatic heterocycles. The van der Waals surface area contributed by atoms with Crippen LogP contribution in [0.15, 0.2) is 24.3 Å². The molecule has 100 valence electrons. The highest BCUT2D eigenvalue weighted by atomic mass is 16.5. The molecule has 0 saturated heterocycles. The molecule has 18 heavy (non-hydrogen) atoms. The van der Waals surface area contributed by atoms with Gasteiger partial charge in [0.15, 0.2) is 0 Å². The lowest BCUT2D eigenvalue weighted by molar-refractivity contribution is 0.0531. The van der Waals surface area contributed by atoms with E-state index in [4.69, 9.17) is 4.74 Å². The smallest absolute Gasteiger partial charge is 0.119 e. The number of aliphatic hydroxyl groups excluding tert-OH is 1. The predicted octanol–water partition coefficient (Wildman–Crippen LogP) is 3.95. The summed E-state index contributed by atoms with van der Waals surface area (Å²) < 4.78 is 5.43. The molecule has 2 heteroatoms. The summed E-state index contributed by atoms with van der Waals surface area (Å²) in [5.41, 5.74) is 1.26. The van der Waals surface area contributed by atoms with Crippen LogP contribution in [0.1, 0.15) is 51.7 Å². The van der Waals surface area contributed by atoms with E-state index in [1.54, 1.807) is 0 Å². The zero-order chi connectivity index (χ0) is 13.2. The largest absolute Gasteiger partial charge is 0.494 e. The lowest BCUT2D eigenvalue weighted by atomic mass is 9.77. The standard InChI is InChI=1S/C16H24O2/c1-4-18-13-9-7-12(8-10-13)15(17)14-6-5-11-16(14,2)3/h7-10,14-15,17H,4-6,11H2,1-3H3. The molecule has 0 bridgehead atoms. The van der Waals surface area contributed by atoms with Crippen LogP contribution in [-0.4, -0.2) is 11.7 Å². The molecule has 1 N–H and O–H groups in total. The molecule has 0 amide bonds. The normalized spacial score (nSPS) is 23.9. The van der Waals surface area contributed by atoms with Gasteiger partial charge in [-0.3, -0.25) is 0 Å². The summed E-state index contributed by atoms with van der Waals surface area (Å²) in [6.07, 6.45) is 3.22. The Balaban J connectivity index is 2.11. The Morgan fingerprint density at radius 1 is 1.33 bits per heavy atom. The van der Waals surface area contributed by atoms with Gasteiger partial charge in [0.25, 0.3) is 0 Å². The van der Waals surface area contributed by atoms with E-state index in [0.29, 0.717) is 12.5 Å². The van der Waals surface area contributed by atoms with Gasteiger partial charge in [0, 0.05) is 0 Å². The third-order valence-electron chi connectivity index (χ3n) is 4.25. The predicted molar refractivity (Wildman–Crippen MR) is 73.7 cm³/mol. The molecule has 1 aromatic carbocycles. The molecule has 2 unspecified atom stereocenters. The van der Waals surface area contributed by atoms with Gasteiger partial charge in [-0.15, -0.1) is 0 Å². The van der Waals surface area contributed by atoms with Crippen molar-refractivity contribution in [3.8, 4) is 5.75 Å². The average Bonchev–Trinajstić information content (AvgIpc) is 2.69. The first-order valence-electron chi connectivity index (χ1n) is 6.95. The molecular weight excluding hydrogens is 224 g/mol. The van der Waals surface area contributed by atoms with Crippen molar-refractivity contribution in [3.63, 3.8) is 0 Å². The zero-order valence-electron chi connectivity index (χ0n) is 11.6. The van der Waals surface area contributed by atoms with Gasteiger partial charge in [0.1, 0.15) is 5.75 Å². The van der Waals surface area contributed by atoms with Crippen molar-refractivity contribution in [1.82, 2.24) is 0 Å². The number of benzene rings is 1. The van der Waals surface area contributed by atoms with E-state index in [1.807, 2.05) is 31.2 Å². The van der Waals surface area contributed by atoms with Gasteiger partial charge < -0.3 is 9.84 Å². The van der Waals surface area contributed by atoms with Crippen LogP contribution in [0.2, 0.25) is 0 Å². The number of aliphatic hydroxyl groups is 1. The number of rotatable bonds is 4. The van der Waals surface area contributed by atoms with Gasteiger partial charge in [0.2, 0.25) is 0 Å². The van der Waals surface area contributed by atoms with E-state index < -0.39 is 0 Å². The molecular formula is C16H24O2. The Kier molecular flexibility index (Phi) is 3.96. The van der Waals surface area contributed by atoms with Gasteiger partial charge in [-0.25, -0.2) is 0 Å². The van der Waals surface area contributed by atoms with Crippen molar-refractivity contribution < 1.29 is 9.84 Å². The average molecular weight is 248 g/mol. The van der Waals surface area contributed by atoms with Crippen molar-refractivity contribution in [1.29, 1.82) is 0 Å². The lowest BCUT2D eigenvalue weighted by Crippen LogP contribution is -2.24. The SMILES string of the molecule is CCOc1ccc(C(O)C2CCCC2(C)C)cc1. The molecule has 2 rings (SSSR count). The summed E-state index contributed by atoms with van der Waals surface area (Å²) in [4.78, 5) is 0. The van der Waals surface area contributed by atoms with Gasteiger partial charge in [-0.05, 0) is 48.8 Å².